The fourth-order valence-electron chi connectivity index (χ4n) is 2.53. The molecule has 8 heteroatoms. The first-order valence-electron chi connectivity index (χ1n) is 6.97. The van der Waals surface area contributed by atoms with Gasteiger partial charge in [-0.25, -0.2) is 13.4 Å². The summed E-state index contributed by atoms with van der Waals surface area (Å²) in [6, 6.07) is 0.403. The number of nitrogens with zero attached hydrogens (tertiary/aromatic N) is 3. The van der Waals surface area contributed by atoms with Crippen LogP contribution in [0.2, 0.25) is 0 Å². The largest absolute Gasteiger partial charge is 0.329 e. The molecule has 3 N–H and O–H groups in total. The second kappa shape index (κ2) is 6.21. The van der Waals surface area contributed by atoms with E-state index < -0.39 is 10.0 Å². The van der Waals surface area contributed by atoms with Crippen LogP contribution < -0.4 is 10.6 Å². The number of hydrogen-bond donors (Lipinski definition) is 2. The van der Waals surface area contributed by atoms with Crippen LogP contribution in [-0.4, -0.2) is 41.8 Å². The third kappa shape index (κ3) is 3.38. The smallest absolute Gasteiger partial charge is 0.256 e. The lowest BCUT2D eigenvalue weighted by atomic mass is 10.0. The molecule has 0 aliphatic carbocycles. The molecule has 0 aromatic carbocycles. The van der Waals surface area contributed by atoms with Gasteiger partial charge >= 0.3 is 0 Å². The molecule has 0 amide bonds. The Labute approximate surface area is 120 Å². The Hall–Kier alpha value is -0.960. The Morgan fingerprint density at radius 2 is 2.05 bits per heavy atom. The first-order valence-corrected chi connectivity index (χ1v) is 8.45. The summed E-state index contributed by atoms with van der Waals surface area (Å²) in [6.45, 7) is 5.01. The van der Waals surface area contributed by atoms with Gasteiger partial charge in [-0.05, 0) is 26.7 Å². The fraction of sp³-hybridized carbons (Fsp3) is 0.750. The van der Waals surface area contributed by atoms with Gasteiger partial charge in [0.05, 0.1) is 12.7 Å². The highest BCUT2D eigenvalue weighted by molar-refractivity contribution is 7.89. The van der Waals surface area contributed by atoms with Gasteiger partial charge in [0, 0.05) is 24.8 Å². The van der Waals surface area contributed by atoms with Crippen LogP contribution >= 0.6 is 0 Å². The van der Waals surface area contributed by atoms with Crippen molar-refractivity contribution in [1.29, 1.82) is 0 Å². The maximum absolute atomic E-state index is 12.4. The van der Waals surface area contributed by atoms with E-state index in [9.17, 15) is 8.42 Å². The minimum Gasteiger partial charge on any atom is -0.329 e. The van der Waals surface area contributed by atoms with E-state index >= 15 is 0 Å². The lowest BCUT2D eigenvalue weighted by Gasteiger charge is -2.38. The van der Waals surface area contributed by atoms with Gasteiger partial charge in [-0.15, -0.1) is 4.83 Å². The minimum atomic E-state index is -3.57. The zero-order chi connectivity index (χ0) is 14.8. The van der Waals surface area contributed by atoms with Crippen LogP contribution in [0.3, 0.4) is 0 Å². The normalized spacial score (nSPS) is 24.9. The molecule has 1 saturated heterocycles. The second-order valence-corrected chi connectivity index (χ2v) is 7.02. The van der Waals surface area contributed by atoms with E-state index in [4.69, 9.17) is 5.73 Å². The summed E-state index contributed by atoms with van der Waals surface area (Å²) in [5.74, 6) is 0. The van der Waals surface area contributed by atoms with Crippen molar-refractivity contribution in [3.8, 4) is 0 Å². The molecule has 2 rings (SSSR count). The summed E-state index contributed by atoms with van der Waals surface area (Å²) in [5, 5.41) is 5.83. The van der Waals surface area contributed by atoms with Gasteiger partial charge < -0.3 is 5.73 Å². The zero-order valence-electron chi connectivity index (χ0n) is 12.0. The van der Waals surface area contributed by atoms with Crippen LogP contribution in [0.5, 0.6) is 0 Å². The van der Waals surface area contributed by atoms with Gasteiger partial charge in [-0.2, -0.15) is 5.10 Å². The van der Waals surface area contributed by atoms with Crippen molar-refractivity contribution in [3.05, 3.63) is 12.4 Å². The third-order valence-electron chi connectivity index (χ3n) is 3.70. The van der Waals surface area contributed by atoms with Crippen molar-refractivity contribution in [2.45, 2.75) is 56.6 Å². The van der Waals surface area contributed by atoms with Crippen molar-refractivity contribution in [2.24, 2.45) is 5.73 Å². The summed E-state index contributed by atoms with van der Waals surface area (Å²) in [5.41, 5.74) is 5.43. The molecule has 114 valence electrons. The van der Waals surface area contributed by atoms with Crippen molar-refractivity contribution in [2.75, 3.05) is 6.54 Å². The Morgan fingerprint density at radius 1 is 1.40 bits per heavy atom. The van der Waals surface area contributed by atoms with Crippen molar-refractivity contribution in [1.82, 2.24) is 19.6 Å². The van der Waals surface area contributed by atoms with E-state index in [2.05, 4.69) is 9.93 Å². The molecule has 1 aliphatic rings. The average Bonchev–Trinajstić information content (AvgIpc) is 2.84. The third-order valence-corrected chi connectivity index (χ3v) is 4.98. The number of hydrogen-bond acceptors (Lipinski definition) is 5. The predicted molar refractivity (Wildman–Crippen MR) is 76.2 cm³/mol. The highest BCUT2D eigenvalue weighted by Crippen LogP contribution is 2.21. The van der Waals surface area contributed by atoms with Crippen LogP contribution in [0, 0.1) is 0 Å². The molecule has 1 aromatic rings. The number of hydrazine groups is 1. The van der Waals surface area contributed by atoms with Gasteiger partial charge in [0.2, 0.25) is 0 Å². The summed E-state index contributed by atoms with van der Waals surface area (Å²) in [6.07, 6.45) is 6.00. The van der Waals surface area contributed by atoms with Gasteiger partial charge in [0.15, 0.2) is 0 Å². The van der Waals surface area contributed by atoms with Crippen LogP contribution in [0.25, 0.3) is 0 Å². The molecule has 0 spiro atoms. The maximum Gasteiger partial charge on any atom is 0.256 e. The van der Waals surface area contributed by atoms with Crippen molar-refractivity contribution >= 4 is 10.0 Å². The fourth-order valence-corrected chi connectivity index (χ4v) is 3.72. The van der Waals surface area contributed by atoms with Crippen LogP contribution in [0.4, 0.5) is 0 Å². The molecule has 0 bridgehead atoms. The average molecular weight is 301 g/mol. The monoisotopic (exact) mass is 301 g/mol. The van der Waals surface area contributed by atoms with Crippen LogP contribution in [0.15, 0.2) is 17.3 Å². The summed E-state index contributed by atoms with van der Waals surface area (Å²) < 4.78 is 26.3. The van der Waals surface area contributed by atoms with Gasteiger partial charge in [0.1, 0.15) is 4.90 Å². The number of nitrogens with two attached hydrogens (primary N) is 1. The summed E-state index contributed by atoms with van der Waals surface area (Å²) in [4.78, 5) is 2.86. The molecule has 20 heavy (non-hydrogen) atoms. The second-order valence-electron chi connectivity index (χ2n) is 5.36. The van der Waals surface area contributed by atoms with E-state index in [1.165, 1.54) is 17.1 Å². The molecular weight excluding hydrogens is 278 g/mol. The topological polar surface area (TPSA) is 93.2 Å². The number of piperidine rings is 1. The minimum absolute atomic E-state index is 0.177. The molecule has 1 fully saturated rings. The van der Waals surface area contributed by atoms with Gasteiger partial charge in [0.25, 0.3) is 10.0 Å². The first kappa shape index (κ1) is 15.4. The SMILES string of the molecule is CC1CCCC(C)N1NS(=O)(=O)c1cnn(CCN)c1. The first-order chi connectivity index (χ1) is 9.44. The van der Waals surface area contributed by atoms with Crippen LogP contribution in [-0.2, 0) is 16.6 Å². The summed E-state index contributed by atoms with van der Waals surface area (Å²) in [7, 11) is -3.57. The Balaban J connectivity index is 2.13. The Kier molecular flexibility index (Phi) is 4.79. The molecule has 2 heterocycles. The van der Waals surface area contributed by atoms with E-state index in [0.717, 1.165) is 19.3 Å². The van der Waals surface area contributed by atoms with E-state index in [1.807, 2.05) is 18.9 Å². The van der Waals surface area contributed by atoms with Gasteiger partial charge in [-0.1, -0.05) is 6.42 Å². The number of sulfonamides is 1. The molecule has 0 saturated carbocycles. The lowest BCUT2D eigenvalue weighted by molar-refractivity contribution is 0.0790. The maximum atomic E-state index is 12.4. The van der Waals surface area contributed by atoms with E-state index in [1.54, 1.807) is 0 Å². The quantitative estimate of drug-likeness (QED) is 0.816. The molecular formula is C12H23N5O2S. The zero-order valence-corrected chi connectivity index (χ0v) is 12.8. The number of rotatable bonds is 5. The van der Waals surface area contributed by atoms with E-state index in [-0.39, 0.29) is 17.0 Å². The molecule has 1 aromatic heterocycles. The Bertz CT molecular complexity index is 532. The molecule has 7 nitrogen and oxygen atoms in total. The molecule has 0 radical (unpaired) electrons. The van der Waals surface area contributed by atoms with Crippen LogP contribution in [0.1, 0.15) is 33.1 Å². The lowest BCUT2D eigenvalue weighted by Crippen LogP contribution is -2.53. The Morgan fingerprint density at radius 3 is 2.65 bits per heavy atom. The number of nitrogens with one attached hydrogen (secondary N) is 1. The summed E-state index contributed by atoms with van der Waals surface area (Å²) >= 11 is 0. The highest BCUT2D eigenvalue weighted by atomic mass is 32.2. The van der Waals surface area contributed by atoms with Gasteiger partial charge in [-0.3, -0.25) is 4.68 Å². The molecule has 2 unspecified atom stereocenters. The molecule has 1 aliphatic heterocycles. The molecule has 2 atom stereocenters. The van der Waals surface area contributed by atoms with Crippen molar-refractivity contribution < 1.29 is 8.42 Å². The van der Waals surface area contributed by atoms with E-state index in [0.29, 0.717) is 13.1 Å². The predicted octanol–water partition coefficient (Wildman–Crippen LogP) is 0.298. The standard InChI is InChI=1S/C12H23N5O2S/c1-10-4-3-5-11(2)17(10)15-20(18,19)12-8-14-16(9-12)7-6-13/h8-11,15H,3-7,13H2,1-2H3. The van der Waals surface area contributed by atoms with Crippen molar-refractivity contribution in [3.63, 3.8) is 0 Å². The highest BCUT2D eigenvalue weighted by Gasteiger charge is 2.29. The number of aromatic nitrogens is 2.